The van der Waals surface area contributed by atoms with Gasteiger partial charge in [-0.1, -0.05) is 19.8 Å². The lowest BCUT2D eigenvalue weighted by atomic mass is 9.45. The number of halogens is 1. The Balaban J connectivity index is 1.57. The molecule has 150 valence electrons. The molecule has 0 heterocycles. The second-order valence-electron chi connectivity index (χ2n) is 10.5. The zero-order valence-corrected chi connectivity index (χ0v) is 17.4. The van der Waals surface area contributed by atoms with Crippen LogP contribution in [0.25, 0.3) is 0 Å². The van der Waals surface area contributed by atoms with Gasteiger partial charge in [0, 0.05) is 11.3 Å². The molecule has 0 radical (unpaired) electrons. The zero-order valence-electron chi connectivity index (χ0n) is 16.6. The van der Waals surface area contributed by atoms with E-state index in [1.54, 1.807) is 0 Å². The van der Waals surface area contributed by atoms with E-state index in [2.05, 4.69) is 25.1 Å². The Bertz CT molecular complexity index is 681. The highest BCUT2D eigenvalue weighted by molar-refractivity contribution is 6.30. The molecule has 3 nitrogen and oxygen atoms in total. The average Bonchev–Trinajstić information content (AvgIpc) is 2.97. The fourth-order valence-electron chi connectivity index (χ4n) is 8.20. The molecule has 4 fully saturated rings. The van der Waals surface area contributed by atoms with Gasteiger partial charge in [0.1, 0.15) is 12.2 Å². The van der Waals surface area contributed by atoms with E-state index in [1.165, 1.54) is 12.8 Å². The number of aliphatic hydroxyl groups excluding tert-OH is 1. The summed E-state index contributed by atoms with van der Waals surface area (Å²) >= 11 is 5.62. The first-order valence-electron chi connectivity index (χ1n) is 10.8. The minimum absolute atomic E-state index is 0.0530. The van der Waals surface area contributed by atoms with Crippen LogP contribution in [0.3, 0.4) is 0 Å². The molecule has 0 aromatic rings. The number of rotatable bonds is 2. The van der Waals surface area contributed by atoms with Crippen molar-refractivity contribution in [3.8, 4) is 11.3 Å². The summed E-state index contributed by atoms with van der Waals surface area (Å²) < 4.78 is 0. The van der Waals surface area contributed by atoms with Crippen LogP contribution in [0.5, 0.6) is 0 Å². The van der Waals surface area contributed by atoms with Crippen LogP contribution in [0, 0.1) is 51.7 Å². The van der Waals surface area contributed by atoms with Crippen molar-refractivity contribution >= 4 is 17.4 Å². The number of hydrogen-bond donors (Lipinski definition) is 2. The summed E-state index contributed by atoms with van der Waals surface area (Å²) in [6, 6.07) is 0. The maximum Gasteiger partial charge on any atom is 0.161 e. The largest absolute Gasteiger partial charge is 0.389 e. The molecule has 4 aliphatic carbocycles. The van der Waals surface area contributed by atoms with Crippen LogP contribution >= 0.6 is 11.6 Å². The van der Waals surface area contributed by atoms with E-state index >= 15 is 0 Å². The van der Waals surface area contributed by atoms with Gasteiger partial charge in [0.05, 0.1) is 0 Å². The van der Waals surface area contributed by atoms with Crippen LogP contribution < -0.4 is 0 Å². The van der Waals surface area contributed by atoms with Gasteiger partial charge >= 0.3 is 0 Å². The van der Waals surface area contributed by atoms with Crippen molar-refractivity contribution in [2.75, 3.05) is 6.61 Å². The quantitative estimate of drug-likeness (QED) is 0.694. The predicted octanol–water partition coefficient (Wildman–Crippen LogP) is 4.14. The van der Waals surface area contributed by atoms with E-state index in [0.717, 1.165) is 44.9 Å². The van der Waals surface area contributed by atoms with Gasteiger partial charge in [-0.05, 0) is 104 Å². The third-order valence-corrected chi connectivity index (χ3v) is 9.44. The number of hydrogen-bond acceptors (Lipinski definition) is 3. The molecule has 4 heteroatoms. The van der Waals surface area contributed by atoms with Crippen molar-refractivity contribution in [1.82, 2.24) is 0 Å². The monoisotopic (exact) mass is 392 g/mol. The molecule has 8 atom stereocenters. The fraction of sp³-hybridized carbons (Fsp3) is 0.870. The first kappa shape index (κ1) is 19.7. The molecule has 27 heavy (non-hydrogen) atoms. The second-order valence-corrected chi connectivity index (χ2v) is 10.7. The maximum absolute atomic E-state index is 12.3. The summed E-state index contributed by atoms with van der Waals surface area (Å²) in [4.78, 5) is 12.3. The van der Waals surface area contributed by atoms with E-state index < -0.39 is 5.60 Å². The van der Waals surface area contributed by atoms with E-state index in [1.807, 2.05) is 0 Å². The Morgan fingerprint density at radius 1 is 1.04 bits per heavy atom. The first-order valence-corrected chi connectivity index (χ1v) is 11.1. The Kier molecular flexibility index (Phi) is 4.94. The highest BCUT2D eigenvalue weighted by atomic mass is 35.5. The minimum Gasteiger partial charge on any atom is -0.389 e. The molecule has 0 bridgehead atoms. The van der Waals surface area contributed by atoms with Crippen LogP contribution in [-0.2, 0) is 4.79 Å². The third kappa shape index (κ3) is 2.98. The topological polar surface area (TPSA) is 57.5 Å². The van der Waals surface area contributed by atoms with Crippen LogP contribution in [0.4, 0.5) is 0 Å². The summed E-state index contributed by atoms with van der Waals surface area (Å²) in [5.74, 6) is 5.64. The number of carbonyl (C=O) groups excluding carboxylic acids is 1. The van der Waals surface area contributed by atoms with Crippen molar-refractivity contribution in [3.63, 3.8) is 0 Å². The van der Waals surface area contributed by atoms with Gasteiger partial charge in [0.25, 0.3) is 0 Å². The summed E-state index contributed by atoms with van der Waals surface area (Å²) in [6.07, 6.45) is 9.21. The number of carbonyl (C=O) groups is 1. The first-order chi connectivity index (χ1) is 12.8. The standard InChI is InChI=1S/C23H33ClO3/c1-21-8-5-16-15(17(21)7-10-23(27,14-21)11-12-24)6-9-22(2)18(16)3-4-19(22)20(26)13-25/h15-19,25,27H,3-10,13-14H2,1-2H3/t15-,16+,17+,18-,19+,21?,22-,23+/m0/s1. The highest BCUT2D eigenvalue weighted by Crippen LogP contribution is 2.67. The molecule has 4 aliphatic rings. The Labute approximate surface area is 168 Å². The molecular formula is C23H33ClO3. The van der Waals surface area contributed by atoms with Crippen molar-refractivity contribution in [1.29, 1.82) is 0 Å². The molecule has 0 saturated heterocycles. The lowest BCUT2D eigenvalue weighted by Crippen LogP contribution is -2.55. The van der Waals surface area contributed by atoms with Crippen molar-refractivity contribution in [2.45, 2.75) is 77.2 Å². The fourth-order valence-corrected chi connectivity index (χ4v) is 8.37. The maximum atomic E-state index is 12.3. The van der Waals surface area contributed by atoms with Crippen molar-refractivity contribution in [3.05, 3.63) is 0 Å². The summed E-state index contributed by atoms with van der Waals surface area (Å²) in [5, 5.41) is 22.7. The van der Waals surface area contributed by atoms with Crippen LogP contribution in [-0.4, -0.2) is 28.2 Å². The third-order valence-electron chi connectivity index (χ3n) is 9.34. The summed E-state index contributed by atoms with van der Waals surface area (Å²) in [7, 11) is 0. The lowest BCUT2D eigenvalue weighted by molar-refractivity contribution is -0.141. The Hall–Kier alpha value is -0.560. The molecular weight excluding hydrogens is 360 g/mol. The highest BCUT2D eigenvalue weighted by Gasteiger charge is 2.61. The van der Waals surface area contributed by atoms with Gasteiger partial charge in [-0.2, -0.15) is 0 Å². The van der Waals surface area contributed by atoms with E-state index in [9.17, 15) is 15.0 Å². The van der Waals surface area contributed by atoms with Gasteiger partial charge < -0.3 is 10.2 Å². The number of fused-ring (bicyclic) bond motifs is 5. The predicted molar refractivity (Wildman–Crippen MR) is 106 cm³/mol. The van der Waals surface area contributed by atoms with Gasteiger partial charge in [-0.25, -0.2) is 0 Å². The molecule has 2 N–H and O–H groups in total. The summed E-state index contributed by atoms with van der Waals surface area (Å²) in [5.41, 5.74) is -0.704. The molecule has 0 aromatic carbocycles. The number of ketones is 1. The summed E-state index contributed by atoms with van der Waals surface area (Å²) in [6.45, 7) is 4.37. The Morgan fingerprint density at radius 2 is 1.74 bits per heavy atom. The van der Waals surface area contributed by atoms with Crippen LogP contribution in [0.15, 0.2) is 0 Å². The molecule has 0 aliphatic heterocycles. The minimum atomic E-state index is -0.922. The molecule has 0 amide bonds. The molecule has 0 spiro atoms. The van der Waals surface area contributed by atoms with E-state index in [0.29, 0.717) is 23.7 Å². The molecule has 4 rings (SSSR count). The van der Waals surface area contributed by atoms with Gasteiger partial charge in [0.2, 0.25) is 0 Å². The molecule has 4 saturated carbocycles. The van der Waals surface area contributed by atoms with E-state index in [4.69, 9.17) is 11.6 Å². The van der Waals surface area contributed by atoms with Crippen molar-refractivity contribution < 1.29 is 15.0 Å². The average molecular weight is 393 g/mol. The van der Waals surface area contributed by atoms with Gasteiger partial charge in [-0.15, -0.1) is 0 Å². The molecule has 0 aromatic heterocycles. The number of aliphatic hydroxyl groups is 2. The van der Waals surface area contributed by atoms with Crippen LogP contribution in [0.2, 0.25) is 0 Å². The van der Waals surface area contributed by atoms with Crippen molar-refractivity contribution in [2.24, 2.45) is 40.4 Å². The number of Topliss-reactive ketones (excluding diaryl/α,β-unsaturated/α-hetero) is 1. The Morgan fingerprint density at radius 3 is 2.44 bits per heavy atom. The van der Waals surface area contributed by atoms with Gasteiger partial charge in [-0.3, -0.25) is 4.79 Å². The smallest absolute Gasteiger partial charge is 0.161 e. The normalized spacial score (nSPS) is 51.4. The lowest BCUT2D eigenvalue weighted by Gasteiger charge is -2.60. The SMILES string of the molecule is CC12CC[C@@H]3[C@H](CC[C@]4(C)[C@@H](C(=O)CO)CC[C@@H]34)[C@H]1CC[C@@](O)(C#CCl)C2. The zero-order chi connectivity index (χ0) is 19.4. The van der Waals surface area contributed by atoms with Crippen LogP contribution in [0.1, 0.15) is 71.6 Å². The molecule has 1 unspecified atom stereocenters. The second kappa shape index (κ2) is 6.75. The van der Waals surface area contributed by atoms with E-state index in [-0.39, 0.29) is 29.1 Å². The van der Waals surface area contributed by atoms with Gasteiger partial charge in [0.15, 0.2) is 5.78 Å².